The first-order chi connectivity index (χ1) is 15.3. The number of hydrogen-bond acceptors (Lipinski definition) is 6. The summed E-state index contributed by atoms with van der Waals surface area (Å²) < 4.78 is 5.58. The second kappa shape index (κ2) is 10.9. The molecule has 0 atom stereocenters. The quantitative estimate of drug-likeness (QED) is 0.521. The fourth-order valence-electron chi connectivity index (χ4n) is 3.43. The molecule has 4 rings (SSSR count). The molecule has 0 aliphatic carbocycles. The summed E-state index contributed by atoms with van der Waals surface area (Å²) in [5.41, 5.74) is 2.41. The van der Waals surface area contributed by atoms with Gasteiger partial charge >= 0.3 is 6.09 Å². The maximum absolute atomic E-state index is 12.5. The van der Waals surface area contributed by atoms with E-state index in [1.165, 1.54) is 11.1 Å². The monoisotopic (exact) mass is 434 g/mol. The largest absolute Gasteiger partial charge is 0.415 e. The number of nitrogens with zero attached hydrogens (tertiary/aromatic N) is 4. The minimum absolute atomic E-state index is 0.278. The van der Waals surface area contributed by atoms with Crippen molar-refractivity contribution in [2.24, 2.45) is 0 Å². The summed E-state index contributed by atoms with van der Waals surface area (Å²) in [6.45, 7) is 3.86. The smallest absolute Gasteiger partial charge is 0.410 e. The molecule has 1 aliphatic rings. The Morgan fingerprint density at radius 1 is 0.935 bits per heavy atom. The van der Waals surface area contributed by atoms with Crippen LogP contribution in [-0.2, 0) is 13.0 Å². The van der Waals surface area contributed by atoms with Gasteiger partial charge in [-0.05, 0) is 47.9 Å². The van der Waals surface area contributed by atoms with Crippen molar-refractivity contribution in [2.45, 2.75) is 18.0 Å². The van der Waals surface area contributed by atoms with Gasteiger partial charge in [0.2, 0.25) is 0 Å². The number of carbonyl (C=O) groups is 1. The zero-order chi connectivity index (χ0) is 21.3. The molecule has 1 amide bonds. The van der Waals surface area contributed by atoms with Gasteiger partial charge in [0.1, 0.15) is 5.75 Å². The molecule has 1 fully saturated rings. The van der Waals surface area contributed by atoms with Crippen LogP contribution in [0.15, 0.2) is 78.2 Å². The Morgan fingerprint density at radius 2 is 1.77 bits per heavy atom. The number of piperazine rings is 1. The van der Waals surface area contributed by atoms with Gasteiger partial charge in [-0.15, -0.1) is 11.8 Å². The second-order valence-corrected chi connectivity index (χ2v) is 8.52. The van der Waals surface area contributed by atoms with Gasteiger partial charge in [-0.25, -0.2) is 9.78 Å². The van der Waals surface area contributed by atoms with Crippen LogP contribution in [0.2, 0.25) is 0 Å². The summed E-state index contributed by atoms with van der Waals surface area (Å²) in [7, 11) is 0. The molecular formula is C24H26N4O2S. The van der Waals surface area contributed by atoms with Gasteiger partial charge in [-0.1, -0.05) is 24.3 Å². The molecular weight excluding hydrogens is 408 g/mol. The van der Waals surface area contributed by atoms with Crippen molar-refractivity contribution in [3.05, 3.63) is 84.3 Å². The molecule has 0 radical (unpaired) electrons. The molecule has 160 valence electrons. The number of ether oxygens (including phenoxy) is 1. The van der Waals surface area contributed by atoms with E-state index in [0.717, 1.165) is 36.8 Å². The predicted octanol–water partition coefficient (Wildman–Crippen LogP) is 4.13. The Balaban J connectivity index is 1.19. The highest BCUT2D eigenvalue weighted by atomic mass is 32.2. The second-order valence-electron chi connectivity index (χ2n) is 7.40. The molecule has 1 aromatic carbocycles. The summed E-state index contributed by atoms with van der Waals surface area (Å²) >= 11 is 1.74. The van der Waals surface area contributed by atoms with Gasteiger partial charge in [-0.2, -0.15) is 0 Å². The fraction of sp³-hybridized carbons (Fsp3) is 0.292. The summed E-state index contributed by atoms with van der Waals surface area (Å²) in [4.78, 5) is 25.1. The Kier molecular flexibility index (Phi) is 7.52. The van der Waals surface area contributed by atoms with Crippen LogP contribution in [0.5, 0.6) is 5.75 Å². The Morgan fingerprint density at radius 3 is 2.48 bits per heavy atom. The third-order valence-electron chi connectivity index (χ3n) is 5.17. The van der Waals surface area contributed by atoms with Gasteiger partial charge in [0.25, 0.3) is 0 Å². The molecule has 3 aromatic rings. The van der Waals surface area contributed by atoms with Gasteiger partial charge < -0.3 is 9.64 Å². The summed E-state index contributed by atoms with van der Waals surface area (Å²) in [5, 5.41) is 1.04. The topological polar surface area (TPSA) is 58.6 Å². The van der Waals surface area contributed by atoms with E-state index in [9.17, 15) is 4.79 Å². The number of aromatic nitrogens is 2. The highest BCUT2D eigenvalue weighted by molar-refractivity contribution is 7.99. The van der Waals surface area contributed by atoms with E-state index in [2.05, 4.69) is 20.9 Å². The van der Waals surface area contributed by atoms with Gasteiger partial charge in [0.15, 0.2) is 0 Å². The average molecular weight is 435 g/mol. The number of carbonyl (C=O) groups excluding carboxylic acids is 1. The van der Waals surface area contributed by atoms with E-state index < -0.39 is 0 Å². The number of thioether (sulfide) groups is 1. The lowest BCUT2D eigenvalue weighted by Crippen LogP contribution is -2.49. The number of amides is 1. The maximum Gasteiger partial charge on any atom is 0.415 e. The third-order valence-corrected chi connectivity index (χ3v) is 6.11. The van der Waals surface area contributed by atoms with Crippen LogP contribution >= 0.6 is 11.8 Å². The minimum atomic E-state index is -0.278. The molecule has 2 aromatic heterocycles. The molecule has 7 heteroatoms. The lowest BCUT2D eigenvalue weighted by molar-refractivity contribution is 0.108. The molecule has 1 saturated heterocycles. The van der Waals surface area contributed by atoms with Gasteiger partial charge in [0, 0.05) is 57.1 Å². The molecule has 0 N–H and O–H groups in total. The fourth-order valence-corrected chi connectivity index (χ4v) is 4.29. The molecule has 3 heterocycles. The molecule has 0 spiro atoms. The maximum atomic E-state index is 12.5. The van der Waals surface area contributed by atoms with Crippen molar-refractivity contribution in [2.75, 3.05) is 31.9 Å². The lowest BCUT2D eigenvalue weighted by atomic mass is 10.2. The normalized spacial score (nSPS) is 14.4. The van der Waals surface area contributed by atoms with Crippen LogP contribution in [0.1, 0.15) is 11.1 Å². The Hall–Kier alpha value is -2.90. The summed E-state index contributed by atoms with van der Waals surface area (Å²) in [5.74, 6) is 1.54. The van der Waals surface area contributed by atoms with Crippen LogP contribution in [0.4, 0.5) is 4.79 Å². The minimum Gasteiger partial charge on any atom is -0.410 e. The number of benzene rings is 1. The van der Waals surface area contributed by atoms with E-state index in [-0.39, 0.29) is 6.09 Å². The van der Waals surface area contributed by atoms with Crippen LogP contribution < -0.4 is 4.74 Å². The van der Waals surface area contributed by atoms with Crippen LogP contribution in [-0.4, -0.2) is 57.8 Å². The number of pyridine rings is 2. The number of aryl methyl sites for hydroxylation is 1. The first-order valence-electron chi connectivity index (χ1n) is 10.5. The molecule has 31 heavy (non-hydrogen) atoms. The average Bonchev–Trinajstić information content (AvgIpc) is 2.82. The standard InChI is InChI=1S/C24H26N4O2S/c29-24(28-15-13-27(14-16-28)19-21-4-3-11-25-18-21)30-22-8-6-20(7-9-22)10-17-31-23-5-1-2-12-26-23/h1-9,11-12,18H,10,13-17,19H2. The molecule has 0 saturated carbocycles. The SMILES string of the molecule is O=C(Oc1ccc(CCSc2ccccn2)cc1)N1CCN(Cc2cccnc2)CC1. The molecule has 6 nitrogen and oxygen atoms in total. The lowest BCUT2D eigenvalue weighted by Gasteiger charge is -2.33. The zero-order valence-corrected chi connectivity index (χ0v) is 18.2. The van der Waals surface area contributed by atoms with E-state index in [0.29, 0.717) is 18.8 Å². The van der Waals surface area contributed by atoms with Gasteiger partial charge in [-0.3, -0.25) is 9.88 Å². The third kappa shape index (κ3) is 6.54. The molecule has 0 unspecified atom stereocenters. The van der Waals surface area contributed by atoms with Crippen molar-refractivity contribution >= 4 is 17.9 Å². The van der Waals surface area contributed by atoms with Crippen LogP contribution in [0, 0.1) is 0 Å². The molecule has 1 aliphatic heterocycles. The first kappa shape index (κ1) is 21.3. The Bertz CT molecular complexity index is 946. The van der Waals surface area contributed by atoms with E-state index in [4.69, 9.17) is 4.74 Å². The number of rotatable bonds is 7. The van der Waals surface area contributed by atoms with Crippen LogP contribution in [0.3, 0.4) is 0 Å². The predicted molar refractivity (Wildman–Crippen MR) is 122 cm³/mol. The van der Waals surface area contributed by atoms with Gasteiger partial charge in [0.05, 0.1) is 5.03 Å². The van der Waals surface area contributed by atoms with Crippen LogP contribution in [0.25, 0.3) is 0 Å². The summed E-state index contributed by atoms with van der Waals surface area (Å²) in [6, 6.07) is 17.8. The zero-order valence-electron chi connectivity index (χ0n) is 17.4. The first-order valence-corrected chi connectivity index (χ1v) is 11.5. The Labute approximate surface area is 187 Å². The van der Waals surface area contributed by atoms with Crippen molar-refractivity contribution < 1.29 is 9.53 Å². The van der Waals surface area contributed by atoms with Crippen molar-refractivity contribution in [3.63, 3.8) is 0 Å². The van der Waals surface area contributed by atoms with E-state index in [1.54, 1.807) is 22.9 Å². The highest BCUT2D eigenvalue weighted by Crippen LogP contribution is 2.19. The van der Waals surface area contributed by atoms with Crippen molar-refractivity contribution in [3.8, 4) is 5.75 Å². The van der Waals surface area contributed by atoms with Crippen molar-refractivity contribution in [1.82, 2.24) is 19.8 Å². The molecule has 0 bridgehead atoms. The van der Waals surface area contributed by atoms with E-state index in [1.807, 2.05) is 60.9 Å². The van der Waals surface area contributed by atoms with Crippen molar-refractivity contribution in [1.29, 1.82) is 0 Å². The highest BCUT2D eigenvalue weighted by Gasteiger charge is 2.22. The summed E-state index contributed by atoms with van der Waals surface area (Å²) in [6.07, 6.45) is 6.15. The van der Waals surface area contributed by atoms with E-state index >= 15 is 0 Å². The number of hydrogen-bond donors (Lipinski definition) is 0.